The summed E-state index contributed by atoms with van der Waals surface area (Å²) in [6, 6.07) is 4.39. The van der Waals surface area contributed by atoms with Gasteiger partial charge in [-0.15, -0.1) is 0 Å². The highest BCUT2D eigenvalue weighted by Crippen LogP contribution is 2.31. The van der Waals surface area contributed by atoms with E-state index in [1.54, 1.807) is 11.8 Å². The minimum Gasteiger partial charge on any atom is -0.484 e. The van der Waals surface area contributed by atoms with Crippen molar-refractivity contribution in [2.24, 2.45) is 5.10 Å². The zero-order valence-electron chi connectivity index (χ0n) is 10.9. The summed E-state index contributed by atoms with van der Waals surface area (Å²) in [5, 5.41) is 3.93. The number of ether oxygens (including phenoxy) is 1. The summed E-state index contributed by atoms with van der Waals surface area (Å²) in [5.41, 5.74) is 2.41. The van der Waals surface area contributed by atoms with Gasteiger partial charge in [-0.25, -0.2) is 5.43 Å². The fourth-order valence-electron chi connectivity index (χ4n) is 1.63. The lowest BCUT2D eigenvalue weighted by molar-refractivity contribution is -0.137. The van der Waals surface area contributed by atoms with Gasteiger partial charge in [-0.05, 0) is 30.4 Å². The number of thioether (sulfide) groups is 1. The number of hydrogen-bond acceptors (Lipinski definition) is 4. The predicted molar refractivity (Wildman–Crippen MR) is 74.5 cm³/mol. The second-order valence-corrected chi connectivity index (χ2v) is 5.44. The van der Waals surface area contributed by atoms with Crippen LogP contribution in [0.5, 0.6) is 5.75 Å². The van der Waals surface area contributed by atoms with Crippen LogP contribution in [0.1, 0.15) is 12.0 Å². The summed E-state index contributed by atoms with van der Waals surface area (Å²) in [5.74, 6) is 1.25. The summed E-state index contributed by atoms with van der Waals surface area (Å²) in [4.78, 5) is 11.5. The number of alkyl halides is 3. The first-order chi connectivity index (χ1) is 9.95. The summed E-state index contributed by atoms with van der Waals surface area (Å²) in [7, 11) is 0. The smallest absolute Gasteiger partial charge is 0.416 e. The molecule has 0 spiro atoms. The van der Waals surface area contributed by atoms with Crippen LogP contribution in [0, 0.1) is 0 Å². The Morgan fingerprint density at radius 2 is 2.24 bits per heavy atom. The third-order valence-corrected chi connectivity index (χ3v) is 3.70. The van der Waals surface area contributed by atoms with E-state index < -0.39 is 17.6 Å². The Hall–Kier alpha value is -1.70. The van der Waals surface area contributed by atoms with Crippen LogP contribution in [-0.4, -0.2) is 29.7 Å². The predicted octanol–water partition coefficient (Wildman–Crippen LogP) is 2.69. The third kappa shape index (κ3) is 4.96. The second-order valence-electron chi connectivity index (χ2n) is 4.33. The molecule has 114 valence electrons. The van der Waals surface area contributed by atoms with Gasteiger partial charge in [-0.1, -0.05) is 6.07 Å². The SMILES string of the molecule is O=C(COc1cccc(C(F)(F)F)c1)N/N=C1\CCSC1. The Balaban J connectivity index is 1.85. The molecule has 1 saturated heterocycles. The summed E-state index contributed by atoms with van der Waals surface area (Å²) >= 11 is 1.73. The largest absolute Gasteiger partial charge is 0.484 e. The number of carbonyl (C=O) groups is 1. The van der Waals surface area contributed by atoms with Crippen molar-refractivity contribution in [3.8, 4) is 5.75 Å². The van der Waals surface area contributed by atoms with Crippen LogP contribution < -0.4 is 10.2 Å². The van der Waals surface area contributed by atoms with Gasteiger partial charge >= 0.3 is 6.18 Å². The van der Waals surface area contributed by atoms with Gasteiger partial charge < -0.3 is 4.74 Å². The molecule has 1 amide bonds. The van der Waals surface area contributed by atoms with E-state index in [4.69, 9.17) is 4.74 Å². The van der Waals surface area contributed by atoms with Gasteiger partial charge in [0.05, 0.1) is 5.56 Å². The van der Waals surface area contributed by atoms with Crippen molar-refractivity contribution in [2.45, 2.75) is 12.6 Å². The molecule has 0 aliphatic carbocycles. The summed E-state index contributed by atoms with van der Waals surface area (Å²) < 4.78 is 42.5. The lowest BCUT2D eigenvalue weighted by Gasteiger charge is -2.09. The van der Waals surface area contributed by atoms with Crippen molar-refractivity contribution in [1.82, 2.24) is 5.43 Å². The van der Waals surface area contributed by atoms with Gasteiger partial charge in [0.25, 0.3) is 5.91 Å². The van der Waals surface area contributed by atoms with E-state index in [0.29, 0.717) is 0 Å². The molecule has 0 aromatic heterocycles. The van der Waals surface area contributed by atoms with Crippen LogP contribution in [-0.2, 0) is 11.0 Å². The molecule has 0 unspecified atom stereocenters. The van der Waals surface area contributed by atoms with Crippen LogP contribution in [0.2, 0.25) is 0 Å². The van der Waals surface area contributed by atoms with Crippen molar-refractivity contribution in [3.05, 3.63) is 29.8 Å². The van der Waals surface area contributed by atoms with Crippen molar-refractivity contribution in [1.29, 1.82) is 0 Å². The normalized spacial score (nSPS) is 17.0. The molecular formula is C13H13F3N2O2S. The van der Waals surface area contributed by atoms with Gasteiger partial charge in [0.1, 0.15) is 5.75 Å². The number of rotatable bonds is 4. The zero-order valence-corrected chi connectivity index (χ0v) is 11.8. The number of halogens is 3. The van der Waals surface area contributed by atoms with Crippen molar-refractivity contribution in [2.75, 3.05) is 18.1 Å². The van der Waals surface area contributed by atoms with Crippen LogP contribution in [0.25, 0.3) is 0 Å². The summed E-state index contributed by atoms with van der Waals surface area (Å²) in [6.07, 6.45) is -3.60. The Labute approximate surface area is 123 Å². The minimum absolute atomic E-state index is 0.0101. The molecule has 0 bridgehead atoms. The topological polar surface area (TPSA) is 50.7 Å². The van der Waals surface area contributed by atoms with Crippen molar-refractivity contribution < 1.29 is 22.7 Å². The number of amides is 1. The Morgan fingerprint density at radius 1 is 1.43 bits per heavy atom. The molecule has 1 aliphatic heterocycles. The third-order valence-electron chi connectivity index (χ3n) is 2.67. The van der Waals surface area contributed by atoms with E-state index in [1.165, 1.54) is 12.1 Å². The highest BCUT2D eigenvalue weighted by molar-refractivity contribution is 8.00. The maximum atomic E-state index is 12.5. The number of hydrazone groups is 1. The Bertz CT molecular complexity index is 538. The second kappa shape index (κ2) is 6.84. The van der Waals surface area contributed by atoms with E-state index in [1.807, 2.05) is 0 Å². The molecule has 1 aliphatic rings. The fourth-order valence-corrected chi connectivity index (χ4v) is 2.59. The quantitative estimate of drug-likeness (QED) is 0.869. The highest BCUT2D eigenvalue weighted by Gasteiger charge is 2.30. The zero-order chi connectivity index (χ0) is 15.3. The standard InChI is InChI=1S/C13H13F3N2O2S/c14-13(15,16)9-2-1-3-11(6-9)20-7-12(19)18-17-10-4-5-21-8-10/h1-3,6H,4-5,7-8H2,(H,18,19)/b17-10+. The molecule has 0 radical (unpaired) electrons. The molecule has 0 atom stereocenters. The molecule has 1 fully saturated rings. The van der Waals surface area contributed by atoms with Gasteiger partial charge in [0.15, 0.2) is 6.61 Å². The van der Waals surface area contributed by atoms with E-state index in [-0.39, 0.29) is 12.4 Å². The van der Waals surface area contributed by atoms with Crippen LogP contribution in [0.15, 0.2) is 29.4 Å². The lowest BCUT2D eigenvalue weighted by atomic mass is 10.2. The average molecular weight is 318 g/mol. The lowest BCUT2D eigenvalue weighted by Crippen LogP contribution is -2.25. The van der Waals surface area contributed by atoms with E-state index in [2.05, 4.69) is 10.5 Å². The first kappa shape index (κ1) is 15.7. The van der Waals surface area contributed by atoms with Gasteiger partial charge in [-0.2, -0.15) is 30.0 Å². The number of nitrogens with zero attached hydrogens (tertiary/aromatic N) is 1. The van der Waals surface area contributed by atoms with E-state index >= 15 is 0 Å². The molecule has 21 heavy (non-hydrogen) atoms. The molecule has 1 aromatic carbocycles. The summed E-state index contributed by atoms with van der Waals surface area (Å²) in [6.45, 7) is -0.384. The molecular weight excluding hydrogens is 305 g/mol. The maximum absolute atomic E-state index is 12.5. The monoisotopic (exact) mass is 318 g/mol. The average Bonchev–Trinajstić information content (AvgIpc) is 2.95. The van der Waals surface area contributed by atoms with Crippen LogP contribution >= 0.6 is 11.8 Å². The van der Waals surface area contributed by atoms with Crippen molar-refractivity contribution >= 4 is 23.4 Å². The van der Waals surface area contributed by atoms with Gasteiger partial charge in [-0.3, -0.25) is 4.79 Å². The molecule has 8 heteroatoms. The number of carbonyl (C=O) groups excluding carboxylic acids is 1. The number of hydrogen-bond donors (Lipinski definition) is 1. The van der Waals surface area contributed by atoms with Gasteiger partial charge in [0.2, 0.25) is 0 Å². The van der Waals surface area contributed by atoms with Crippen LogP contribution in [0.4, 0.5) is 13.2 Å². The first-order valence-electron chi connectivity index (χ1n) is 6.17. The minimum atomic E-state index is -4.44. The number of nitrogens with one attached hydrogen (secondary N) is 1. The molecule has 1 aromatic rings. The molecule has 0 saturated carbocycles. The first-order valence-corrected chi connectivity index (χ1v) is 7.33. The van der Waals surface area contributed by atoms with Gasteiger partial charge in [0, 0.05) is 11.5 Å². The van der Waals surface area contributed by atoms with E-state index in [9.17, 15) is 18.0 Å². The maximum Gasteiger partial charge on any atom is 0.416 e. The highest BCUT2D eigenvalue weighted by atomic mass is 32.2. The van der Waals surface area contributed by atoms with Crippen LogP contribution in [0.3, 0.4) is 0 Å². The molecule has 2 rings (SSSR count). The fraction of sp³-hybridized carbons (Fsp3) is 0.385. The van der Waals surface area contributed by atoms with Crippen molar-refractivity contribution in [3.63, 3.8) is 0 Å². The van der Waals surface area contributed by atoms with E-state index in [0.717, 1.165) is 35.8 Å². The molecule has 4 nitrogen and oxygen atoms in total. The molecule has 1 heterocycles. The Kier molecular flexibility index (Phi) is 5.11. The number of benzene rings is 1. The Morgan fingerprint density at radius 3 is 2.90 bits per heavy atom. The molecule has 1 N–H and O–H groups in total.